The number of hydrogen-bond acceptors (Lipinski definition) is 9. The molecule has 0 saturated carbocycles. The lowest BCUT2D eigenvalue weighted by Gasteiger charge is -2.20. The molecule has 322 valence electrons. The van der Waals surface area contributed by atoms with Gasteiger partial charge in [0.05, 0.1) is 13.2 Å². The van der Waals surface area contributed by atoms with Gasteiger partial charge in [-0.05, 0) is 44.9 Å². The van der Waals surface area contributed by atoms with Gasteiger partial charge in [-0.1, -0.05) is 167 Å². The van der Waals surface area contributed by atoms with Crippen molar-refractivity contribution in [1.82, 2.24) is 0 Å². The van der Waals surface area contributed by atoms with Crippen LogP contribution in [0.5, 0.6) is 0 Å². The lowest BCUT2D eigenvalue weighted by molar-refractivity contribution is -0.161. The fourth-order valence-corrected chi connectivity index (χ4v) is 6.76. The predicted molar refractivity (Wildman–Crippen MR) is 222 cm³/mol. The van der Waals surface area contributed by atoms with E-state index in [1.807, 2.05) is 0 Å². The quantitative estimate of drug-likeness (QED) is 0.0232. The summed E-state index contributed by atoms with van der Waals surface area (Å²) in [7, 11) is -4.71. The topological polar surface area (TPSA) is 172 Å². The molecular formula is C43H80NO10P. The predicted octanol–water partition coefficient (Wildman–Crippen LogP) is 11.5. The second-order valence-corrected chi connectivity index (χ2v) is 16.3. The Labute approximate surface area is 334 Å². The van der Waals surface area contributed by atoms with Gasteiger partial charge in [-0.3, -0.25) is 23.4 Å². The Morgan fingerprint density at radius 2 is 0.964 bits per heavy atom. The third kappa shape index (κ3) is 38.6. The molecule has 0 bridgehead atoms. The highest BCUT2D eigenvalue weighted by atomic mass is 31.2. The van der Waals surface area contributed by atoms with Crippen LogP contribution in [0.4, 0.5) is 0 Å². The highest BCUT2D eigenvalue weighted by Gasteiger charge is 2.28. The molecule has 0 radical (unpaired) electrons. The minimum atomic E-state index is -4.71. The Morgan fingerprint density at radius 3 is 1.44 bits per heavy atom. The van der Waals surface area contributed by atoms with E-state index >= 15 is 0 Å². The number of nitrogens with two attached hydrogens (primary N) is 1. The van der Waals surface area contributed by atoms with Gasteiger partial charge in [0, 0.05) is 12.8 Å². The second-order valence-electron chi connectivity index (χ2n) is 14.8. The van der Waals surface area contributed by atoms with Gasteiger partial charge in [0.25, 0.3) is 0 Å². The number of carboxylic acids is 1. The van der Waals surface area contributed by atoms with Crippen molar-refractivity contribution in [1.29, 1.82) is 0 Å². The second kappa shape index (κ2) is 38.8. The maximum Gasteiger partial charge on any atom is 0.472 e. The minimum absolute atomic E-state index is 0.155. The van der Waals surface area contributed by atoms with Crippen molar-refractivity contribution in [2.45, 2.75) is 212 Å². The van der Waals surface area contributed by atoms with E-state index < -0.39 is 51.1 Å². The van der Waals surface area contributed by atoms with Crippen molar-refractivity contribution < 1.29 is 47.5 Å². The SMILES string of the molecule is CCCCCC/C=C\C/C=C\CCCCCCCCCC(=O)OC(COC(=O)CCCCCCCCCCCCCCC)COP(=O)(O)OCC(N)C(=O)O. The number of unbranched alkanes of at least 4 members (excludes halogenated alkanes) is 23. The summed E-state index contributed by atoms with van der Waals surface area (Å²) in [4.78, 5) is 45.9. The average molecular weight is 802 g/mol. The van der Waals surface area contributed by atoms with E-state index in [9.17, 15) is 23.8 Å². The van der Waals surface area contributed by atoms with Gasteiger partial charge >= 0.3 is 25.7 Å². The van der Waals surface area contributed by atoms with Crippen LogP contribution in [0.1, 0.15) is 200 Å². The molecule has 3 atom stereocenters. The zero-order chi connectivity index (χ0) is 40.7. The Hall–Kier alpha value is -2.04. The van der Waals surface area contributed by atoms with Crippen molar-refractivity contribution in [2.24, 2.45) is 5.73 Å². The van der Waals surface area contributed by atoms with Gasteiger partial charge in [-0.25, -0.2) is 4.57 Å². The summed E-state index contributed by atoms with van der Waals surface area (Å²) in [6.45, 7) is 2.79. The molecule has 0 saturated heterocycles. The van der Waals surface area contributed by atoms with E-state index in [0.29, 0.717) is 12.8 Å². The monoisotopic (exact) mass is 802 g/mol. The maximum absolute atomic E-state index is 12.6. The van der Waals surface area contributed by atoms with E-state index in [0.717, 1.165) is 57.8 Å². The van der Waals surface area contributed by atoms with Crippen molar-refractivity contribution in [3.63, 3.8) is 0 Å². The molecule has 0 aromatic heterocycles. The molecule has 0 aliphatic carbocycles. The van der Waals surface area contributed by atoms with E-state index in [1.165, 1.54) is 103 Å². The number of esters is 2. The van der Waals surface area contributed by atoms with Gasteiger partial charge in [0.15, 0.2) is 6.10 Å². The fraction of sp³-hybridized carbons (Fsp3) is 0.837. The van der Waals surface area contributed by atoms with Gasteiger partial charge in [-0.2, -0.15) is 0 Å². The summed E-state index contributed by atoms with van der Waals surface area (Å²) in [6.07, 6.45) is 39.5. The van der Waals surface area contributed by atoms with Gasteiger partial charge < -0.3 is 25.2 Å². The van der Waals surface area contributed by atoms with Gasteiger partial charge in [-0.15, -0.1) is 0 Å². The molecule has 11 nitrogen and oxygen atoms in total. The van der Waals surface area contributed by atoms with E-state index in [4.69, 9.17) is 24.8 Å². The summed E-state index contributed by atoms with van der Waals surface area (Å²) < 4.78 is 32.7. The average Bonchev–Trinajstić information content (AvgIpc) is 3.16. The maximum atomic E-state index is 12.6. The first-order valence-electron chi connectivity index (χ1n) is 21.9. The Kier molecular flexibility index (Phi) is 37.4. The molecule has 0 aromatic rings. The van der Waals surface area contributed by atoms with Gasteiger partial charge in [0.1, 0.15) is 12.6 Å². The molecular weight excluding hydrogens is 721 g/mol. The molecule has 4 N–H and O–H groups in total. The molecule has 3 unspecified atom stereocenters. The first-order chi connectivity index (χ1) is 26.6. The number of rotatable bonds is 41. The number of carboxylic acid groups (broad SMARTS) is 1. The fourth-order valence-electron chi connectivity index (χ4n) is 5.98. The highest BCUT2D eigenvalue weighted by molar-refractivity contribution is 7.47. The number of carbonyl (C=O) groups excluding carboxylic acids is 2. The normalized spacial score (nSPS) is 14.0. The van der Waals surface area contributed by atoms with Crippen molar-refractivity contribution in [3.8, 4) is 0 Å². The summed E-state index contributed by atoms with van der Waals surface area (Å²) in [6, 6.07) is -1.52. The van der Waals surface area contributed by atoms with Crippen LogP contribution in [0, 0.1) is 0 Å². The lowest BCUT2D eigenvalue weighted by atomic mass is 10.0. The molecule has 0 spiro atoms. The van der Waals surface area contributed by atoms with Crippen LogP contribution < -0.4 is 5.73 Å². The van der Waals surface area contributed by atoms with E-state index in [2.05, 4.69) is 42.7 Å². The molecule has 0 amide bonds. The summed E-state index contributed by atoms with van der Waals surface area (Å²) in [5.74, 6) is -2.38. The largest absolute Gasteiger partial charge is 0.480 e. The van der Waals surface area contributed by atoms with E-state index in [1.54, 1.807) is 0 Å². The molecule has 0 rings (SSSR count). The van der Waals surface area contributed by atoms with Crippen LogP contribution in [0.15, 0.2) is 24.3 Å². The van der Waals surface area contributed by atoms with Crippen LogP contribution in [-0.2, 0) is 37.5 Å². The van der Waals surface area contributed by atoms with Crippen LogP contribution >= 0.6 is 7.82 Å². The molecule has 0 aromatic carbocycles. The highest BCUT2D eigenvalue weighted by Crippen LogP contribution is 2.43. The van der Waals surface area contributed by atoms with Crippen LogP contribution in [0.3, 0.4) is 0 Å². The van der Waals surface area contributed by atoms with Crippen molar-refractivity contribution in [3.05, 3.63) is 24.3 Å². The lowest BCUT2D eigenvalue weighted by Crippen LogP contribution is -2.34. The number of phosphoric acid groups is 1. The zero-order valence-corrected chi connectivity index (χ0v) is 35.7. The number of carbonyl (C=O) groups is 3. The Morgan fingerprint density at radius 1 is 0.564 bits per heavy atom. The standard InChI is InChI=1S/C43H80NO10P/c1-3-5-7-9-11-13-15-17-18-19-20-21-23-25-27-29-31-33-35-42(46)54-39(37-52-55(49,50)53-38-40(44)43(47)48)36-51-41(45)34-32-30-28-26-24-22-16-14-12-10-8-6-4-2/h13,15,18-19,39-40H,3-12,14,16-17,20-38,44H2,1-2H3,(H,47,48)(H,49,50)/b15-13-,19-18-. The third-order valence-corrected chi connectivity index (χ3v) is 10.4. The van der Waals surface area contributed by atoms with Gasteiger partial charge in [0.2, 0.25) is 0 Å². The minimum Gasteiger partial charge on any atom is -0.480 e. The Bertz CT molecular complexity index is 1040. The first kappa shape index (κ1) is 53.0. The summed E-state index contributed by atoms with van der Waals surface area (Å²) in [5.41, 5.74) is 5.33. The number of allylic oxidation sites excluding steroid dienone is 4. The van der Waals surface area contributed by atoms with Crippen molar-refractivity contribution >= 4 is 25.7 Å². The molecule has 0 aliphatic rings. The summed E-state index contributed by atoms with van der Waals surface area (Å²) >= 11 is 0. The molecule has 0 heterocycles. The van der Waals surface area contributed by atoms with Crippen LogP contribution in [0.25, 0.3) is 0 Å². The molecule has 0 fully saturated rings. The number of aliphatic carboxylic acids is 1. The van der Waals surface area contributed by atoms with E-state index in [-0.39, 0.29) is 19.4 Å². The molecule has 0 aliphatic heterocycles. The number of hydrogen-bond donors (Lipinski definition) is 3. The number of ether oxygens (including phenoxy) is 2. The summed E-state index contributed by atoms with van der Waals surface area (Å²) in [5, 5.41) is 8.88. The zero-order valence-electron chi connectivity index (χ0n) is 34.8. The first-order valence-corrected chi connectivity index (χ1v) is 23.4. The third-order valence-electron chi connectivity index (χ3n) is 9.45. The van der Waals surface area contributed by atoms with Crippen molar-refractivity contribution in [2.75, 3.05) is 19.8 Å². The molecule has 12 heteroatoms. The Balaban J connectivity index is 4.35. The smallest absolute Gasteiger partial charge is 0.472 e. The number of phosphoric ester groups is 1. The molecule has 55 heavy (non-hydrogen) atoms. The van der Waals surface area contributed by atoms with Crippen LogP contribution in [-0.4, -0.2) is 59.9 Å². The van der Waals surface area contributed by atoms with Crippen LogP contribution in [0.2, 0.25) is 0 Å².